The number of ether oxygens (including phenoxy) is 2. The highest BCUT2D eigenvalue weighted by molar-refractivity contribution is 7.98. The van der Waals surface area contributed by atoms with Crippen LogP contribution in [0.1, 0.15) is 50.6 Å². The summed E-state index contributed by atoms with van der Waals surface area (Å²) in [7, 11) is 0. The highest BCUT2D eigenvalue weighted by atomic mass is 32.2. The van der Waals surface area contributed by atoms with Crippen molar-refractivity contribution in [2.45, 2.75) is 57.5 Å². The predicted molar refractivity (Wildman–Crippen MR) is 122 cm³/mol. The summed E-state index contributed by atoms with van der Waals surface area (Å²) in [5, 5.41) is 0.614. The maximum Gasteiger partial charge on any atom is 0.410 e. The highest BCUT2D eigenvalue weighted by Gasteiger charge is 2.30. The van der Waals surface area contributed by atoms with Crippen molar-refractivity contribution in [3.63, 3.8) is 0 Å². The first-order chi connectivity index (χ1) is 14.7. The van der Waals surface area contributed by atoms with Gasteiger partial charge in [0.15, 0.2) is 5.16 Å². The van der Waals surface area contributed by atoms with Crippen molar-refractivity contribution in [2.75, 3.05) is 26.0 Å². The number of thioether (sulfide) groups is 1. The van der Waals surface area contributed by atoms with E-state index in [2.05, 4.69) is 0 Å². The molecule has 1 unspecified atom stereocenters. The number of amides is 1. The van der Waals surface area contributed by atoms with E-state index in [4.69, 9.17) is 14.5 Å². The van der Waals surface area contributed by atoms with E-state index in [-0.39, 0.29) is 24.2 Å². The summed E-state index contributed by atoms with van der Waals surface area (Å²) < 4.78 is 13.0. The molecule has 2 heterocycles. The molecule has 31 heavy (non-hydrogen) atoms. The number of hydrogen-bond donors (Lipinski definition) is 0. The number of hydrogen-bond acceptors (Lipinski definition) is 6. The first-order valence-corrected chi connectivity index (χ1v) is 11.8. The van der Waals surface area contributed by atoms with E-state index in [1.165, 1.54) is 11.8 Å². The first-order valence-electron chi connectivity index (χ1n) is 10.5. The molecule has 1 aliphatic heterocycles. The Morgan fingerprint density at radius 3 is 2.58 bits per heavy atom. The lowest BCUT2D eigenvalue weighted by Crippen LogP contribution is -2.43. The largest absolute Gasteiger partial charge is 0.444 e. The Labute approximate surface area is 187 Å². The lowest BCUT2D eigenvalue weighted by molar-refractivity contribution is 0.0219. The van der Waals surface area contributed by atoms with Crippen LogP contribution in [0.25, 0.3) is 0 Å². The van der Waals surface area contributed by atoms with Crippen LogP contribution in [0.2, 0.25) is 0 Å². The van der Waals surface area contributed by atoms with Crippen molar-refractivity contribution in [1.82, 2.24) is 14.5 Å². The topological polar surface area (TPSA) is 73.7 Å². The van der Waals surface area contributed by atoms with E-state index in [1.807, 2.05) is 64.3 Å². The monoisotopic (exact) mass is 445 g/mol. The number of fused-ring (bicyclic) bond motifs is 1. The second-order valence-electron chi connectivity index (χ2n) is 8.44. The van der Waals surface area contributed by atoms with E-state index in [0.717, 1.165) is 5.56 Å². The van der Waals surface area contributed by atoms with Crippen molar-refractivity contribution in [3.05, 3.63) is 57.5 Å². The number of carbonyl (C=O) groups excluding carboxylic acids is 1. The van der Waals surface area contributed by atoms with Crippen LogP contribution in [-0.2, 0) is 22.4 Å². The Kier molecular flexibility index (Phi) is 7.43. The number of rotatable bonds is 6. The van der Waals surface area contributed by atoms with Crippen molar-refractivity contribution in [1.29, 1.82) is 0 Å². The summed E-state index contributed by atoms with van der Waals surface area (Å²) >= 11 is 1.42. The van der Waals surface area contributed by atoms with Gasteiger partial charge in [-0.15, -0.1) is 0 Å². The van der Waals surface area contributed by atoms with Crippen LogP contribution in [-0.4, -0.2) is 52.2 Å². The third-order valence-electron chi connectivity index (χ3n) is 5.04. The Hall–Kier alpha value is -2.32. The molecule has 0 radical (unpaired) electrons. The average Bonchev–Trinajstić information content (AvgIpc) is 2.74. The van der Waals surface area contributed by atoms with E-state index in [1.54, 1.807) is 9.47 Å². The van der Waals surface area contributed by atoms with Crippen LogP contribution in [0, 0.1) is 0 Å². The minimum absolute atomic E-state index is 0.0632. The maximum absolute atomic E-state index is 13.6. The van der Waals surface area contributed by atoms with Gasteiger partial charge in [0.1, 0.15) is 5.60 Å². The molecule has 1 aliphatic rings. The molecule has 1 amide bonds. The second kappa shape index (κ2) is 9.87. The quantitative estimate of drug-likeness (QED) is 0.496. The molecule has 8 heteroatoms. The van der Waals surface area contributed by atoms with Crippen LogP contribution >= 0.6 is 11.8 Å². The zero-order valence-electron chi connectivity index (χ0n) is 18.9. The summed E-state index contributed by atoms with van der Waals surface area (Å²) in [5.74, 6) is 0. The smallest absolute Gasteiger partial charge is 0.410 e. The zero-order valence-corrected chi connectivity index (χ0v) is 19.7. The van der Waals surface area contributed by atoms with Crippen LogP contribution < -0.4 is 5.56 Å². The van der Waals surface area contributed by atoms with E-state index >= 15 is 0 Å². The summed E-state index contributed by atoms with van der Waals surface area (Å²) in [4.78, 5) is 32.5. The zero-order chi connectivity index (χ0) is 22.6. The van der Waals surface area contributed by atoms with E-state index < -0.39 is 5.60 Å². The average molecular weight is 446 g/mol. The van der Waals surface area contributed by atoms with Gasteiger partial charge in [-0.3, -0.25) is 9.36 Å². The fourth-order valence-electron chi connectivity index (χ4n) is 3.61. The molecular weight excluding hydrogens is 414 g/mol. The number of benzene rings is 1. The van der Waals surface area contributed by atoms with Crippen LogP contribution in [0.4, 0.5) is 4.79 Å². The Bertz CT molecular complexity index is 969. The van der Waals surface area contributed by atoms with Gasteiger partial charge in [0.2, 0.25) is 0 Å². The fourth-order valence-corrected chi connectivity index (χ4v) is 4.22. The van der Waals surface area contributed by atoms with Gasteiger partial charge >= 0.3 is 6.09 Å². The van der Waals surface area contributed by atoms with Gasteiger partial charge in [-0.25, -0.2) is 9.78 Å². The lowest BCUT2D eigenvalue weighted by atomic mass is 10.0. The molecule has 168 valence electrons. The minimum atomic E-state index is -0.569. The molecule has 0 saturated carbocycles. The highest BCUT2D eigenvalue weighted by Crippen LogP contribution is 2.26. The number of aromatic nitrogens is 2. The first kappa shape index (κ1) is 23.3. The Morgan fingerprint density at radius 2 is 1.97 bits per heavy atom. The van der Waals surface area contributed by atoms with Crippen LogP contribution in [0.5, 0.6) is 0 Å². The molecule has 1 atom stereocenters. The molecule has 0 spiro atoms. The SMILES string of the molecule is CCOCC(c1ccccc1)n1c(SC)nc2c(c1=O)CCN(C(=O)OC(C)(C)C)C2. The van der Waals surface area contributed by atoms with Crippen molar-refractivity contribution in [3.8, 4) is 0 Å². The lowest BCUT2D eigenvalue weighted by Gasteiger charge is -2.31. The third-order valence-corrected chi connectivity index (χ3v) is 5.70. The van der Waals surface area contributed by atoms with Gasteiger partial charge in [-0.05, 0) is 45.9 Å². The molecule has 1 aromatic carbocycles. The predicted octanol–water partition coefficient (Wildman–Crippen LogP) is 3.88. The van der Waals surface area contributed by atoms with Crippen molar-refractivity contribution in [2.24, 2.45) is 0 Å². The standard InChI is InChI=1S/C23H31N3O4S/c1-6-29-15-19(16-10-8-7-9-11-16)26-20(27)17-12-13-25(22(28)30-23(2,3)4)14-18(17)24-21(26)31-5/h7-11,19H,6,12-15H2,1-5H3. The molecule has 0 fully saturated rings. The molecule has 0 aliphatic carbocycles. The minimum Gasteiger partial charge on any atom is -0.444 e. The normalized spacial score (nSPS) is 14.8. The summed E-state index contributed by atoms with van der Waals surface area (Å²) in [5.41, 5.74) is 1.68. The molecule has 0 bridgehead atoms. The Balaban J connectivity index is 2.00. The molecule has 1 aromatic heterocycles. The van der Waals surface area contributed by atoms with Gasteiger partial charge < -0.3 is 14.4 Å². The van der Waals surface area contributed by atoms with Gasteiger partial charge in [-0.1, -0.05) is 42.1 Å². The molecule has 7 nitrogen and oxygen atoms in total. The van der Waals surface area contributed by atoms with Crippen molar-refractivity contribution >= 4 is 17.9 Å². The Morgan fingerprint density at radius 1 is 1.26 bits per heavy atom. The fraction of sp³-hybridized carbons (Fsp3) is 0.522. The van der Waals surface area contributed by atoms with Gasteiger partial charge in [0, 0.05) is 18.7 Å². The van der Waals surface area contributed by atoms with Crippen LogP contribution in [0.3, 0.4) is 0 Å². The molecule has 0 saturated heterocycles. The number of carbonyl (C=O) groups is 1. The second-order valence-corrected chi connectivity index (χ2v) is 9.21. The molecule has 3 rings (SSSR count). The third kappa shape index (κ3) is 5.49. The van der Waals surface area contributed by atoms with Gasteiger partial charge in [0.25, 0.3) is 5.56 Å². The molecule has 2 aromatic rings. The number of nitrogens with zero attached hydrogens (tertiary/aromatic N) is 3. The van der Waals surface area contributed by atoms with E-state index in [9.17, 15) is 9.59 Å². The molecule has 0 N–H and O–H groups in total. The summed E-state index contributed by atoms with van der Waals surface area (Å²) in [6.07, 6.45) is 1.97. The van der Waals surface area contributed by atoms with Crippen molar-refractivity contribution < 1.29 is 14.3 Å². The van der Waals surface area contributed by atoms with E-state index in [0.29, 0.717) is 42.6 Å². The maximum atomic E-state index is 13.6. The summed E-state index contributed by atoms with van der Waals surface area (Å²) in [6, 6.07) is 9.62. The van der Waals surface area contributed by atoms with Gasteiger partial charge in [-0.2, -0.15) is 0 Å². The van der Waals surface area contributed by atoms with Gasteiger partial charge in [0.05, 0.1) is 24.9 Å². The molecular formula is C23H31N3O4S. The van der Waals surface area contributed by atoms with Crippen LogP contribution in [0.15, 0.2) is 40.3 Å². The summed E-state index contributed by atoms with van der Waals surface area (Å²) in [6.45, 7) is 9.12.